The molecule has 0 aliphatic heterocycles. The maximum Gasteiger partial charge on any atom is 0.143 e. The Morgan fingerprint density at radius 1 is 0.397 bits per heavy atom. The number of rotatable bonds is 7. The molecule has 298 valence electrons. The van der Waals surface area contributed by atoms with Gasteiger partial charge >= 0.3 is 0 Å². The number of fused-ring (bicyclic) bond motifs is 7. The highest BCUT2D eigenvalue weighted by Crippen LogP contribution is 2.42. The molecule has 0 radical (unpaired) electrons. The Balaban J connectivity index is 0.937. The molecule has 11 aromatic rings. The first kappa shape index (κ1) is 36.9. The highest BCUT2D eigenvalue weighted by Gasteiger charge is 2.27. The van der Waals surface area contributed by atoms with Gasteiger partial charge in [-0.05, 0) is 120 Å². The number of nitrogens with zero attached hydrogens (tertiary/aromatic N) is 1. The van der Waals surface area contributed by atoms with Crippen molar-refractivity contribution in [2.45, 2.75) is 13.0 Å². The van der Waals surface area contributed by atoms with E-state index >= 15 is 0 Å². The van der Waals surface area contributed by atoms with E-state index in [0.717, 1.165) is 44.4 Å². The summed E-state index contributed by atoms with van der Waals surface area (Å²) in [7, 11) is 0. The zero-order chi connectivity index (χ0) is 41.9. The Labute approximate surface area is 367 Å². The van der Waals surface area contributed by atoms with Crippen molar-refractivity contribution in [1.82, 2.24) is 0 Å². The lowest BCUT2D eigenvalue weighted by atomic mass is 9.86. The molecule has 1 heterocycles. The van der Waals surface area contributed by atoms with Gasteiger partial charge in [0.05, 0.1) is 6.04 Å². The average Bonchev–Trinajstić information content (AvgIpc) is 3.74. The molecule has 2 heteroatoms. The second kappa shape index (κ2) is 15.2. The molecule has 0 bridgehead atoms. The molecular formula is C61H43NO. The Morgan fingerprint density at radius 3 is 1.89 bits per heavy atom. The molecule has 0 saturated carbocycles. The molecule has 0 spiro atoms. The van der Waals surface area contributed by atoms with Crippen LogP contribution in [0.2, 0.25) is 0 Å². The molecule has 0 saturated heterocycles. The van der Waals surface area contributed by atoms with Crippen molar-refractivity contribution < 1.29 is 4.42 Å². The van der Waals surface area contributed by atoms with Crippen LogP contribution in [0.25, 0.3) is 93.2 Å². The van der Waals surface area contributed by atoms with Gasteiger partial charge in [-0.15, -0.1) is 0 Å². The highest BCUT2D eigenvalue weighted by atomic mass is 16.3. The van der Waals surface area contributed by atoms with E-state index in [2.05, 4.69) is 236 Å². The van der Waals surface area contributed by atoms with Crippen molar-refractivity contribution in [3.05, 3.63) is 236 Å². The van der Waals surface area contributed by atoms with Gasteiger partial charge < -0.3 is 9.32 Å². The third kappa shape index (κ3) is 6.51. The van der Waals surface area contributed by atoms with Gasteiger partial charge in [-0.1, -0.05) is 195 Å². The van der Waals surface area contributed by atoms with Gasteiger partial charge in [-0.3, -0.25) is 0 Å². The van der Waals surface area contributed by atoms with Crippen LogP contribution in [0, 0.1) is 5.92 Å². The molecule has 1 aliphatic rings. The van der Waals surface area contributed by atoms with E-state index < -0.39 is 0 Å². The van der Waals surface area contributed by atoms with E-state index in [4.69, 9.17) is 4.42 Å². The van der Waals surface area contributed by atoms with Crippen molar-refractivity contribution in [2.75, 3.05) is 4.90 Å². The minimum atomic E-state index is 0.0591. The zero-order valence-corrected chi connectivity index (χ0v) is 34.9. The molecule has 1 aliphatic carbocycles. The van der Waals surface area contributed by atoms with Gasteiger partial charge in [0.2, 0.25) is 0 Å². The van der Waals surface area contributed by atoms with Crippen LogP contribution in [0.3, 0.4) is 0 Å². The summed E-state index contributed by atoms with van der Waals surface area (Å²) < 4.78 is 6.54. The summed E-state index contributed by atoms with van der Waals surface area (Å²) in [6.07, 6.45) is 7.22. The van der Waals surface area contributed by atoms with E-state index in [-0.39, 0.29) is 12.0 Å². The summed E-state index contributed by atoms with van der Waals surface area (Å²) in [4.78, 5) is 2.52. The van der Waals surface area contributed by atoms with Crippen LogP contribution in [0.4, 0.5) is 11.4 Å². The summed E-state index contributed by atoms with van der Waals surface area (Å²) in [6, 6.07) is 77.1. The van der Waals surface area contributed by atoms with Crippen molar-refractivity contribution in [3.63, 3.8) is 0 Å². The normalized spacial score (nSPS) is 15.1. The zero-order valence-electron chi connectivity index (χ0n) is 34.9. The van der Waals surface area contributed by atoms with Crippen LogP contribution in [-0.2, 0) is 0 Å². The van der Waals surface area contributed by atoms with E-state index in [0.29, 0.717) is 0 Å². The minimum Gasteiger partial charge on any atom is -0.455 e. The molecule has 0 amide bonds. The summed E-state index contributed by atoms with van der Waals surface area (Å²) >= 11 is 0. The first-order valence-electron chi connectivity index (χ1n) is 21.9. The smallest absolute Gasteiger partial charge is 0.143 e. The summed E-state index contributed by atoms with van der Waals surface area (Å²) in [6.45, 7) is 2.35. The third-order valence-corrected chi connectivity index (χ3v) is 13.1. The number of benzene rings is 10. The predicted molar refractivity (Wildman–Crippen MR) is 268 cm³/mol. The SMILES string of the molecule is CC1C=C(c2cccc3c2ccc2ccccc23)C=CC1N(c1ccc(-c2cccc(-c3ccc4ccccc4c3)c2)cc1)c1cccc(-c2cccc3c2oc2ccccc23)c1. The Hall–Kier alpha value is -7.94. The van der Waals surface area contributed by atoms with Gasteiger partial charge in [-0.2, -0.15) is 0 Å². The molecule has 0 fully saturated rings. The lowest BCUT2D eigenvalue weighted by Crippen LogP contribution is -2.35. The van der Waals surface area contributed by atoms with E-state index in [1.54, 1.807) is 0 Å². The topological polar surface area (TPSA) is 16.4 Å². The quantitative estimate of drug-likeness (QED) is 0.149. The fourth-order valence-electron chi connectivity index (χ4n) is 9.96. The van der Waals surface area contributed by atoms with Crippen molar-refractivity contribution >= 4 is 71.2 Å². The average molecular weight is 806 g/mol. The molecular weight excluding hydrogens is 763 g/mol. The van der Waals surface area contributed by atoms with Gasteiger partial charge in [-0.25, -0.2) is 0 Å². The summed E-state index contributed by atoms with van der Waals surface area (Å²) in [5, 5.41) is 9.90. The molecule has 2 atom stereocenters. The first-order valence-corrected chi connectivity index (χ1v) is 21.9. The Morgan fingerprint density at radius 2 is 1.03 bits per heavy atom. The van der Waals surface area contributed by atoms with Gasteiger partial charge in [0.15, 0.2) is 0 Å². The number of anilines is 2. The number of furan rings is 1. The monoisotopic (exact) mass is 805 g/mol. The Kier molecular flexibility index (Phi) is 8.90. The number of para-hydroxylation sites is 2. The van der Waals surface area contributed by atoms with Gasteiger partial charge in [0, 0.05) is 27.7 Å². The van der Waals surface area contributed by atoms with E-state index in [1.165, 1.54) is 65.7 Å². The number of allylic oxidation sites excluding steroid dienone is 2. The number of hydrogen-bond acceptors (Lipinski definition) is 2. The largest absolute Gasteiger partial charge is 0.455 e. The molecule has 63 heavy (non-hydrogen) atoms. The van der Waals surface area contributed by atoms with Crippen LogP contribution in [-0.4, -0.2) is 6.04 Å². The summed E-state index contributed by atoms with van der Waals surface area (Å²) in [5.74, 6) is 0.196. The van der Waals surface area contributed by atoms with Crippen LogP contribution < -0.4 is 4.90 Å². The Bertz CT molecular complexity index is 3610. The number of hydrogen-bond donors (Lipinski definition) is 0. The van der Waals surface area contributed by atoms with Crippen LogP contribution in [0.15, 0.2) is 235 Å². The first-order chi connectivity index (χ1) is 31.1. The lowest BCUT2D eigenvalue weighted by Gasteiger charge is -2.37. The minimum absolute atomic E-state index is 0.0591. The van der Waals surface area contributed by atoms with Crippen molar-refractivity contribution in [3.8, 4) is 33.4 Å². The fraction of sp³-hybridized carbons (Fsp3) is 0.0492. The molecule has 10 aromatic carbocycles. The lowest BCUT2D eigenvalue weighted by molar-refractivity contribution is 0.611. The molecule has 2 unspecified atom stereocenters. The molecule has 12 rings (SSSR count). The maximum absolute atomic E-state index is 6.54. The van der Waals surface area contributed by atoms with E-state index in [1.807, 2.05) is 6.07 Å². The molecule has 2 nitrogen and oxygen atoms in total. The molecule has 0 N–H and O–H groups in total. The summed E-state index contributed by atoms with van der Waals surface area (Å²) in [5.41, 5.74) is 13.6. The van der Waals surface area contributed by atoms with Crippen LogP contribution in [0.5, 0.6) is 0 Å². The van der Waals surface area contributed by atoms with Gasteiger partial charge in [0.25, 0.3) is 0 Å². The standard InChI is InChI=1S/C61H43NO/c1-40-36-49(53-21-10-23-55-52-19-5-4-13-43(52)30-34-56(53)55)31-35-59(40)62(51-18-9-17-48(39-51)54-22-11-24-58-57-20-6-7-25-60(57)63-61(54)58)50-32-28-42(29-33-50)45-15-8-16-46(37-45)47-27-26-41-12-2-3-14-44(41)38-47/h2-40,59H,1H3. The van der Waals surface area contributed by atoms with Crippen LogP contribution in [0.1, 0.15) is 12.5 Å². The van der Waals surface area contributed by atoms with E-state index in [9.17, 15) is 0 Å². The van der Waals surface area contributed by atoms with Gasteiger partial charge in [0.1, 0.15) is 11.2 Å². The van der Waals surface area contributed by atoms with Crippen LogP contribution >= 0.6 is 0 Å². The predicted octanol–water partition coefficient (Wildman–Crippen LogP) is 16.8. The van der Waals surface area contributed by atoms with Crippen molar-refractivity contribution in [1.29, 1.82) is 0 Å². The fourth-order valence-corrected chi connectivity index (χ4v) is 9.96. The second-order valence-electron chi connectivity index (χ2n) is 16.9. The maximum atomic E-state index is 6.54. The molecule has 1 aromatic heterocycles. The van der Waals surface area contributed by atoms with Crippen molar-refractivity contribution in [2.24, 2.45) is 5.92 Å². The third-order valence-electron chi connectivity index (χ3n) is 13.1. The highest BCUT2D eigenvalue weighted by molar-refractivity contribution is 6.12. The second-order valence-corrected chi connectivity index (χ2v) is 16.9.